The van der Waals surface area contributed by atoms with Gasteiger partial charge in [0.15, 0.2) is 0 Å². The molecule has 3 fully saturated rings. The SMILES string of the molecule is CC(C)(C)CN1CCC(C(C)(C)CC2CN(C(C)(C)C)CC3CN(CC(C)(C)C)CCC32)CC1. The number of hydrogen-bond acceptors (Lipinski definition) is 3. The molecule has 3 unspecified atom stereocenters. The molecule has 0 aromatic rings. The van der Waals surface area contributed by atoms with Crippen LogP contribution in [0.1, 0.15) is 102 Å². The molecular formula is C31H61N3. The molecule has 3 saturated heterocycles. The van der Waals surface area contributed by atoms with Crippen molar-refractivity contribution in [1.29, 1.82) is 0 Å². The van der Waals surface area contributed by atoms with Gasteiger partial charge in [0.2, 0.25) is 0 Å². The molecule has 0 saturated carbocycles. The lowest BCUT2D eigenvalue weighted by Crippen LogP contribution is -2.59. The molecule has 3 nitrogen and oxygen atoms in total. The van der Waals surface area contributed by atoms with Gasteiger partial charge in [-0.1, -0.05) is 55.4 Å². The van der Waals surface area contributed by atoms with Crippen LogP contribution in [0, 0.1) is 39.9 Å². The van der Waals surface area contributed by atoms with Gasteiger partial charge in [0.25, 0.3) is 0 Å². The third-order valence-electron chi connectivity index (χ3n) is 9.22. The molecule has 3 aliphatic heterocycles. The highest BCUT2D eigenvalue weighted by atomic mass is 15.2. The predicted molar refractivity (Wildman–Crippen MR) is 149 cm³/mol. The molecule has 3 heteroatoms. The molecule has 0 aromatic heterocycles. The van der Waals surface area contributed by atoms with E-state index in [0.29, 0.717) is 16.2 Å². The van der Waals surface area contributed by atoms with Crippen molar-refractivity contribution in [3.05, 3.63) is 0 Å². The van der Waals surface area contributed by atoms with Crippen LogP contribution in [0.15, 0.2) is 0 Å². The second-order valence-electron chi connectivity index (χ2n) is 16.6. The van der Waals surface area contributed by atoms with Gasteiger partial charge in [0, 0.05) is 38.3 Å². The second kappa shape index (κ2) is 10.3. The summed E-state index contributed by atoms with van der Waals surface area (Å²) in [5.74, 6) is 3.51. The smallest absolute Gasteiger partial charge is 0.0125 e. The number of fused-ring (bicyclic) bond motifs is 1. The van der Waals surface area contributed by atoms with E-state index in [4.69, 9.17) is 0 Å². The Morgan fingerprint density at radius 2 is 1.15 bits per heavy atom. The van der Waals surface area contributed by atoms with Crippen molar-refractivity contribution < 1.29 is 0 Å². The number of likely N-dealkylation sites (tertiary alicyclic amines) is 3. The first-order chi connectivity index (χ1) is 15.4. The molecule has 0 N–H and O–H groups in total. The molecule has 0 amide bonds. The van der Waals surface area contributed by atoms with Gasteiger partial charge in [0.1, 0.15) is 0 Å². The van der Waals surface area contributed by atoms with E-state index in [-0.39, 0.29) is 5.54 Å². The molecule has 3 atom stereocenters. The third-order valence-corrected chi connectivity index (χ3v) is 9.22. The van der Waals surface area contributed by atoms with Crippen LogP contribution in [0.25, 0.3) is 0 Å². The highest BCUT2D eigenvalue weighted by Gasteiger charge is 2.45. The van der Waals surface area contributed by atoms with Crippen LogP contribution in [0.3, 0.4) is 0 Å². The Morgan fingerprint density at radius 3 is 1.68 bits per heavy atom. The Labute approximate surface area is 214 Å². The van der Waals surface area contributed by atoms with Gasteiger partial charge >= 0.3 is 0 Å². The molecule has 0 aliphatic carbocycles. The first-order valence-corrected chi connectivity index (χ1v) is 14.6. The van der Waals surface area contributed by atoms with Crippen LogP contribution < -0.4 is 0 Å². The Hall–Kier alpha value is -0.120. The average Bonchev–Trinajstić information content (AvgIpc) is 2.64. The van der Waals surface area contributed by atoms with Crippen LogP contribution in [0.2, 0.25) is 0 Å². The Morgan fingerprint density at radius 1 is 0.618 bits per heavy atom. The van der Waals surface area contributed by atoms with Crippen molar-refractivity contribution in [2.45, 2.75) is 107 Å². The van der Waals surface area contributed by atoms with E-state index in [2.05, 4.69) is 90.9 Å². The number of rotatable bonds is 5. The average molecular weight is 476 g/mol. The fourth-order valence-electron chi connectivity index (χ4n) is 7.68. The lowest BCUT2D eigenvalue weighted by Gasteiger charge is -2.55. The molecule has 0 aromatic carbocycles. The maximum atomic E-state index is 2.85. The summed E-state index contributed by atoms with van der Waals surface area (Å²) < 4.78 is 0. The van der Waals surface area contributed by atoms with E-state index in [9.17, 15) is 0 Å². The Balaban J connectivity index is 1.67. The summed E-state index contributed by atoms with van der Waals surface area (Å²) in [5.41, 5.74) is 1.54. The standard InChI is InChI=1S/C31H61N3/c1-28(2,3)22-32-15-12-26(13-16-32)31(10,11)18-24-20-34(30(7,8)9)21-25-19-33(17-14-27(24)25)23-29(4,5)6/h24-27H,12-23H2,1-11H3. The Kier molecular flexibility index (Phi) is 8.64. The highest BCUT2D eigenvalue weighted by Crippen LogP contribution is 2.47. The molecule has 3 rings (SSSR count). The molecule has 3 heterocycles. The summed E-state index contributed by atoms with van der Waals surface area (Å²) in [6.07, 6.45) is 5.63. The minimum Gasteiger partial charge on any atom is -0.303 e. The number of nitrogens with zero attached hydrogens (tertiary/aromatic N) is 3. The van der Waals surface area contributed by atoms with Crippen LogP contribution in [0.4, 0.5) is 0 Å². The monoisotopic (exact) mass is 475 g/mol. The van der Waals surface area contributed by atoms with Gasteiger partial charge in [-0.2, -0.15) is 0 Å². The number of hydrogen-bond donors (Lipinski definition) is 0. The first kappa shape index (κ1) is 28.5. The molecular weight excluding hydrogens is 414 g/mol. The van der Waals surface area contributed by atoms with Crippen LogP contribution in [-0.2, 0) is 0 Å². The lowest BCUT2D eigenvalue weighted by atomic mass is 9.63. The van der Waals surface area contributed by atoms with Gasteiger partial charge in [-0.25, -0.2) is 0 Å². The summed E-state index contributed by atoms with van der Waals surface area (Å²) in [4.78, 5) is 8.37. The minimum absolute atomic E-state index is 0.276. The molecule has 0 bridgehead atoms. The normalized spacial score (nSPS) is 29.9. The van der Waals surface area contributed by atoms with Crippen molar-refractivity contribution in [1.82, 2.24) is 14.7 Å². The second-order valence-corrected chi connectivity index (χ2v) is 16.6. The lowest BCUT2D eigenvalue weighted by molar-refractivity contribution is -0.0568. The molecule has 3 aliphatic rings. The summed E-state index contributed by atoms with van der Waals surface area (Å²) in [7, 11) is 0. The fourth-order valence-corrected chi connectivity index (χ4v) is 7.68. The van der Waals surface area contributed by atoms with Crippen LogP contribution in [-0.4, -0.2) is 72.6 Å². The maximum Gasteiger partial charge on any atom is 0.0125 e. The van der Waals surface area contributed by atoms with Gasteiger partial charge < -0.3 is 9.80 Å². The summed E-state index contributed by atoms with van der Waals surface area (Å²) in [6, 6.07) is 0. The van der Waals surface area contributed by atoms with Gasteiger partial charge in [-0.05, 0) is 106 Å². The van der Waals surface area contributed by atoms with E-state index in [0.717, 1.165) is 23.7 Å². The largest absolute Gasteiger partial charge is 0.303 e. The Bertz CT molecular complexity index is 639. The van der Waals surface area contributed by atoms with E-state index in [1.807, 2.05) is 0 Å². The van der Waals surface area contributed by atoms with E-state index < -0.39 is 0 Å². The van der Waals surface area contributed by atoms with E-state index in [1.165, 1.54) is 78.0 Å². The van der Waals surface area contributed by atoms with Crippen molar-refractivity contribution in [2.75, 3.05) is 52.4 Å². The first-order valence-electron chi connectivity index (χ1n) is 14.6. The van der Waals surface area contributed by atoms with E-state index >= 15 is 0 Å². The van der Waals surface area contributed by atoms with Crippen LogP contribution in [0.5, 0.6) is 0 Å². The minimum atomic E-state index is 0.276. The maximum absolute atomic E-state index is 2.85. The third kappa shape index (κ3) is 7.94. The van der Waals surface area contributed by atoms with Crippen LogP contribution >= 0.6 is 0 Å². The fraction of sp³-hybridized carbons (Fsp3) is 1.00. The van der Waals surface area contributed by atoms with Gasteiger partial charge in [-0.3, -0.25) is 4.90 Å². The van der Waals surface area contributed by atoms with E-state index in [1.54, 1.807) is 0 Å². The summed E-state index contributed by atoms with van der Waals surface area (Å²) >= 11 is 0. The molecule has 34 heavy (non-hydrogen) atoms. The molecule has 0 spiro atoms. The highest BCUT2D eigenvalue weighted by molar-refractivity contribution is 4.98. The zero-order valence-electron chi connectivity index (χ0n) is 25.1. The van der Waals surface area contributed by atoms with Crippen molar-refractivity contribution in [3.63, 3.8) is 0 Å². The predicted octanol–water partition coefficient (Wildman–Crippen LogP) is 6.88. The van der Waals surface area contributed by atoms with Crippen molar-refractivity contribution in [2.24, 2.45) is 39.9 Å². The van der Waals surface area contributed by atoms with Crippen molar-refractivity contribution >= 4 is 0 Å². The topological polar surface area (TPSA) is 9.72 Å². The summed E-state index contributed by atoms with van der Waals surface area (Å²) in [6.45, 7) is 37.3. The zero-order valence-corrected chi connectivity index (χ0v) is 25.1. The quantitative estimate of drug-likeness (QED) is 0.429. The zero-order chi connectivity index (χ0) is 25.5. The van der Waals surface area contributed by atoms with Crippen molar-refractivity contribution in [3.8, 4) is 0 Å². The summed E-state index contributed by atoms with van der Waals surface area (Å²) in [5, 5.41) is 0. The molecule has 0 radical (unpaired) electrons. The number of piperidine rings is 3. The van der Waals surface area contributed by atoms with Gasteiger partial charge in [-0.15, -0.1) is 0 Å². The van der Waals surface area contributed by atoms with Gasteiger partial charge in [0.05, 0.1) is 0 Å². The molecule has 200 valence electrons.